The smallest absolute Gasteiger partial charge is 0.147 e. The maximum Gasteiger partial charge on any atom is 0.147 e. The minimum atomic E-state index is 0.593. The SMILES string of the molecule is O=CC1=Cc2[nH]ncc2NC1. The minimum absolute atomic E-state index is 0.593. The summed E-state index contributed by atoms with van der Waals surface area (Å²) in [6, 6.07) is 0. The second kappa shape index (κ2) is 2.23. The van der Waals surface area contributed by atoms with E-state index in [0.717, 1.165) is 23.2 Å². The summed E-state index contributed by atoms with van der Waals surface area (Å²) in [5.41, 5.74) is 2.57. The molecular formula is C7H7N3O. The lowest BCUT2D eigenvalue weighted by Crippen LogP contribution is -2.09. The number of H-pyrrole nitrogens is 1. The lowest BCUT2D eigenvalue weighted by Gasteiger charge is -2.09. The van der Waals surface area contributed by atoms with Crippen LogP contribution in [0.3, 0.4) is 0 Å². The molecule has 2 heterocycles. The first-order valence-corrected chi connectivity index (χ1v) is 3.33. The van der Waals surface area contributed by atoms with Crippen LogP contribution in [-0.2, 0) is 4.79 Å². The number of fused-ring (bicyclic) bond motifs is 1. The topological polar surface area (TPSA) is 57.8 Å². The zero-order valence-corrected chi connectivity index (χ0v) is 5.79. The van der Waals surface area contributed by atoms with Crippen molar-refractivity contribution in [2.75, 3.05) is 11.9 Å². The molecule has 0 amide bonds. The molecule has 0 aliphatic carbocycles. The molecule has 1 aromatic rings. The van der Waals surface area contributed by atoms with Crippen molar-refractivity contribution in [1.29, 1.82) is 0 Å². The molecule has 0 saturated heterocycles. The molecule has 0 bridgehead atoms. The number of aromatic amines is 1. The third kappa shape index (κ3) is 0.920. The van der Waals surface area contributed by atoms with Gasteiger partial charge in [0.15, 0.2) is 0 Å². The number of carbonyl (C=O) groups excluding carboxylic acids is 1. The van der Waals surface area contributed by atoms with Gasteiger partial charge in [-0.05, 0) is 6.08 Å². The fourth-order valence-corrected chi connectivity index (χ4v) is 1.06. The number of aromatic nitrogens is 2. The number of hydrogen-bond acceptors (Lipinski definition) is 3. The van der Waals surface area contributed by atoms with Crippen molar-refractivity contribution in [3.8, 4) is 0 Å². The molecule has 0 fully saturated rings. The van der Waals surface area contributed by atoms with Crippen LogP contribution in [-0.4, -0.2) is 23.0 Å². The highest BCUT2D eigenvalue weighted by atomic mass is 16.1. The Bertz CT molecular complexity index is 313. The number of nitrogens with zero attached hydrogens (tertiary/aromatic N) is 1. The average Bonchev–Trinajstić information content (AvgIpc) is 2.50. The monoisotopic (exact) mass is 149 g/mol. The highest BCUT2D eigenvalue weighted by Crippen LogP contribution is 2.18. The maximum absolute atomic E-state index is 10.3. The van der Waals surface area contributed by atoms with Crippen LogP contribution in [0.25, 0.3) is 6.08 Å². The van der Waals surface area contributed by atoms with Crippen LogP contribution in [0.1, 0.15) is 5.69 Å². The second-order valence-electron chi connectivity index (χ2n) is 2.39. The van der Waals surface area contributed by atoms with Crippen LogP contribution in [0.2, 0.25) is 0 Å². The summed E-state index contributed by atoms with van der Waals surface area (Å²) < 4.78 is 0. The molecule has 1 aromatic heterocycles. The van der Waals surface area contributed by atoms with E-state index in [1.54, 1.807) is 12.3 Å². The number of rotatable bonds is 1. The largest absolute Gasteiger partial charge is 0.378 e. The van der Waals surface area contributed by atoms with Crippen LogP contribution < -0.4 is 5.32 Å². The fraction of sp³-hybridized carbons (Fsp3) is 0.143. The van der Waals surface area contributed by atoms with Crippen LogP contribution in [0, 0.1) is 0 Å². The van der Waals surface area contributed by atoms with Gasteiger partial charge in [-0.2, -0.15) is 5.10 Å². The van der Waals surface area contributed by atoms with Gasteiger partial charge in [-0.15, -0.1) is 0 Å². The Labute approximate surface area is 63.3 Å². The summed E-state index contributed by atoms with van der Waals surface area (Å²) in [6.07, 6.45) is 4.34. The quantitative estimate of drug-likeness (QED) is 0.569. The summed E-state index contributed by atoms with van der Waals surface area (Å²) in [7, 11) is 0. The van der Waals surface area contributed by atoms with Crippen LogP contribution >= 0.6 is 0 Å². The first kappa shape index (κ1) is 6.15. The van der Waals surface area contributed by atoms with Crippen molar-refractivity contribution in [2.24, 2.45) is 0 Å². The van der Waals surface area contributed by atoms with Crippen LogP contribution in [0.4, 0.5) is 5.69 Å². The van der Waals surface area contributed by atoms with E-state index in [1.165, 1.54) is 0 Å². The average molecular weight is 149 g/mol. The lowest BCUT2D eigenvalue weighted by molar-refractivity contribution is -0.104. The Kier molecular flexibility index (Phi) is 1.25. The molecule has 0 spiro atoms. The van der Waals surface area contributed by atoms with E-state index in [1.807, 2.05) is 0 Å². The van der Waals surface area contributed by atoms with Gasteiger partial charge in [0.05, 0.1) is 17.6 Å². The van der Waals surface area contributed by atoms with E-state index >= 15 is 0 Å². The van der Waals surface area contributed by atoms with E-state index in [0.29, 0.717) is 6.54 Å². The van der Waals surface area contributed by atoms with E-state index in [2.05, 4.69) is 15.5 Å². The van der Waals surface area contributed by atoms with Crippen molar-refractivity contribution in [1.82, 2.24) is 10.2 Å². The van der Waals surface area contributed by atoms with Crippen molar-refractivity contribution in [3.05, 3.63) is 17.5 Å². The van der Waals surface area contributed by atoms with Gasteiger partial charge in [-0.25, -0.2) is 0 Å². The molecule has 56 valence electrons. The predicted octanol–water partition coefficient (Wildman–Crippen LogP) is 0.417. The molecule has 11 heavy (non-hydrogen) atoms. The molecule has 0 aromatic carbocycles. The highest BCUT2D eigenvalue weighted by molar-refractivity contribution is 5.86. The van der Waals surface area contributed by atoms with Crippen molar-refractivity contribution < 1.29 is 4.79 Å². The van der Waals surface area contributed by atoms with Gasteiger partial charge < -0.3 is 5.32 Å². The fourth-order valence-electron chi connectivity index (χ4n) is 1.06. The second-order valence-corrected chi connectivity index (χ2v) is 2.39. The summed E-state index contributed by atoms with van der Waals surface area (Å²) in [6.45, 7) is 0.593. The predicted molar refractivity (Wildman–Crippen MR) is 41.1 cm³/mol. The van der Waals surface area contributed by atoms with Gasteiger partial charge in [0.2, 0.25) is 0 Å². The first-order valence-electron chi connectivity index (χ1n) is 3.33. The molecule has 0 atom stereocenters. The minimum Gasteiger partial charge on any atom is -0.378 e. The lowest BCUT2D eigenvalue weighted by atomic mass is 10.1. The highest BCUT2D eigenvalue weighted by Gasteiger charge is 2.09. The molecule has 0 radical (unpaired) electrons. The molecule has 0 unspecified atom stereocenters. The Balaban J connectivity index is 2.44. The molecule has 0 saturated carbocycles. The molecule has 2 rings (SSSR count). The standard InChI is InChI=1S/C7H7N3O/c11-4-5-1-6-7(8-2-5)3-9-10-6/h1,3-4,8H,2H2,(H,9,10). The van der Waals surface area contributed by atoms with E-state index in [4.69, 9.17) is 0 Å². The molecular weight excluding hydrogens is 142 g/mol. The molecule has 4 nitrogen and oxygen atoms in total. The third-order valence-electron chi connectivity index (χ3n) is 1.63. The van der Waals surface area contributed by atoms with Gasteiger partial charge in [0.1, 0.15) is 6.29 Å². The molecule has 4 heteroatoms. The van der Waals surface area contributed by atoms with Gasteiger partial charge >= 0.3 is 0 Å². The molecule has 1 aliphatic rings. The Hall–Kier alpha value is -1.58. The van der Waals surface area contributed by atoms with Crippen molar-refractivity contribution in [2.45, 2.75) is 0 Å². The third-order valence-corrected chi connectivity index (χ3v) is 1.63. The van der Waals surface area contributed by atoms with Gasteiger partial charge in [-0.1, -0.05) is 0 Å². The first-order chi connectivity index (χ1) is 5.40. The Morgan fingerprint density at radius 1 is 1.64 bits per heavy atom. The summed E-state index contributed by atoms with van der Waals surface area (Å²) in [5, 5.41) is 9.65. The normalized spacial score (nSPS) is 14.7. The number of hydrogen-bond donors (Lipinski definition) is 2. The van der Waals surface area contributed by atoms with Gasteiger partial charge in [0, 0.05) is 12.1 Å². The van der Waals surface area contributed by atoms with Crippen LogP contribution in [0.15, 0.2) is 11.8 Å². The number of aldehydes is 1. The number of carbonyl (C=O) groups is 1. The maximum atomic E-state index is 10.3. The van der Waals surface area contributed by atoms with Crippen molar-refractivity contribution >= 4 is 18.0 Å². The molecule has 2 N–H and O–H groups in total. The summed E-state index contributed by atoms with van der Waals surface area (Å²) in [4.78, 5) is 10.3. The van der Waals surface area contributed by atoms with E-state index < -0.39 is 0 Å². The summed E-state index contributed by atoms with van der Waals surface area (Å²) in [5.74, 6) is 0. The Morgan fingerprint density at radius 2 is 2.55 bits per heavy atom. The van der Waals surface area contributed by atoms with Crippen molar-refractivity contribution in [3.63, 3.8) is 0 Å². The van der Waals surface area contributed by atoms with E-state index in [-0.39, 0.29) is 0 Å². The molecule has 1 aliphatic heterocycles. The number of anilines is 1. The van der Waals surface area contributed by atoms with Gasteiger partial charge in [-0.3, -0.25) is 9.89 Å². The van der Waals surface area contributed by atoms with Crippen LogP contribution in [0.5, 0.6) is 0 Å². The van der Waals surface area contributed by atoms with E-state index in [9.17, 15) is 4.79 Å². The Morgan fingerprint density at radius 3 is 3.36 bits per heavy atom. The van der Waals surface area contributed by atoms with Gasteiger partial charge in [0.25, 0.3) is 0 Å². The zero-order valence-electron chi connectivity index (χ0n) is 5.79. The zero-order chi connectivity index (χ0) is 7.68. The number of nitrogens with one attached hydrogen (secondary N) is 2. The summed E-state index contributed by atoms with van der Waals surface area (Å²) >= 11 is 0.